The van der Waals surface area contributed by atoms with E-state index in [4.69, 9.17) is 0 Å². The second kappa shape index (κ2) is 5.52. The van der Waals surface area contributed by atoms with Crippen molar-refractivity contribution in [3.63, 3.8) is 0 Å². The highest BCUT2D eigenvalue weighted by atomic mass is 32.2. The molecular weight excluding hydrogens is 282 g/mol. The fraction of sp³-hybridized carbons (Fsp3) is 0.692. The van der Waals surface area contributed by atoms with E-state index in [1.807, 2.05) is 13.0 Å². The van der Waals surface area contributed by atoms with Gasteiger partial charge < -0.3 is 5.11 Å². The first-order valence-corrected chi connectivity index (χ1v) is 8.92. The summed E-state index contributed by atoms with van der Waals surface area (Å²) in [6.45, 7) is 4.70. The molecule has 0 spiro atoms. The SMILES string of the molecule is CCc1ccc(S(=O)(=O)N2CCCC(C)(O)CC2)s1. The van der Waals surface area contributed by atoms with Crippen LogP contribution in [-0.4, -0.2) is 36.5 Å². The van der Waals surface area contributed by atoms with Gasteiger partial charge in [0.1, 0.15) is 4.21 Å². The monoisotopic (exact) mass is 303 g/mol. The summed E-state index contributed by atoms with van der Waals surface area (Å²) in [5, 5.41) is 10.0. The molecule has 1 saturated heterocycles. The first-order valence-electron chi connectivity index (χ1n) is 6.66. The van der Waals surface area contributed by atoms with Gasteiger partial charge in [0.2, 0.25) is 0 Å². The number of rotatable bonds is 3. The summed E-state index contributed by atoms with van der Waals surface area (Å²) >= 11 is 1.35. The van der Waals surface area contributed by atoms with E-state index in [0.29, 0.717) is 36.6 Å². The Kier molecular flexibility index (Phi) is 4.35. The Hall–Kier alpha value is -0.430. The lowest BCUT2D eigenvalue weighted by Gasteiger charge is -2.21. The summed E-state index contributed by atoms with van der Waals surface area (Å²) in [4.78, 5) is 1.08. The highest BCUT2D eigenvalue weighted by Gasteiger charge is 2.32. The third kappa shape index (κ3) is 3.37. The predicted octanol–water partition coefficient (Wildman–Crippen LogP) is 2.24. The number of aryl methyl sites for hydroxylation is 1. The van der Waals surface area contributed by atoms with Gasteiger partial charge in [0, 0.05) is 18.0 Å². The molecule has 1 N–H and O–H groups in total. The van der Waals surface area contributed by atoms with E-state index >= 15 is 0 Å². The number of hydrogen-bond acceptors (Lipinski definition) is 4. The Balaban J connectivity index is 2.20. The molecule has 0 aromatic carbocycles. The molecular formula is C13H21NO3S2. The van der Waals surface area contributed by atoms with E-state index in [2.05, 4.69) is 0 Å². The minimum Gasteiger partial charge on any atom is -0.390 e. The van der Waals surface area contributed by atoms with E-state index in [-0.39, 0.29) is 0 Å². The fourth-order valence-corrected chi connectivity index (χ4v) is 5.22. The van der Waals surface area contributed by atoms with Gasteiger partial charge in [0.15, 0.2) is 0 Å². The van der Waals surface area contributed by atoms with E-state index in [0.717, 1.165) is 11.3 Å². The molecule has 0 saturated carbocycles. The van der Waals surface area contributed by atoms with Gasteiger partial charge in [-0.3, -0.25) is 0 Å². The Morgan fingerprint density at radius 3 is 2.74 bits per heavy atom. The van der Waals surface area contributed by atoms with Crippen molar-refractivity contribution in [3.8, 4) is 0 Å². The molecule has 108 valence electrons. The van der Waals surface area contributed by atoms with Gasteiger partial charge in [-0.1, -0.05) is 6.92 Å². The summed E-state index contributed by atoms with van der Waals surface area (Å²) in [7, 11) is -3.38. The topological polar surface area (TPSA) is 57.6 Å². The maximum atomic E-state index is 12.5. The Morgan fingerprint density at radius 1 is 1.37 bits per heavy atom. The Labute approximate surface area is 119 Å². The zero-order valence-corrected chi connectivity index (χ0v) is 13.1. The quantitative estimate of drug-likeness (QED) is 0.931. The molecule has 2 rings (SSSR count). The van der Waals surface area contributed by atoms with Crippen molar-refractivity contribution in [2.75, 3.05) is 13.1 Å². The van der Waals surface area contributed by atoms with E-state index in [1.165, 1.54) is 15.6 Å². The largest absolute Gasteiger partial charge is 0.390 e. The van der Waals surface area contributed by atoms with Crippen LogP contribution in [0, 0.1) is 0 Å². The Morgan fingerprint density at radius 2 is 2.11 bits per heavy atom. The summed E-state index contributed by atoms with van der Waals surface area (Å²) in [6.07, 6.45) is 2.72. The van der Waals surface area contributed by atoms with Crippen molar-refractivity contribution in [1.82, 2.24) is 4.31 Å². The van der Waals surface area contributed by atoms with Gasteiger partial charge in [-0.25, -0.2) is 8.42 Å². The number of nitrogens with zero attached hydrogens (tertiary/aromatic N) is 1. The molecule has 1 aliphatic heterocycles. The number of sulfonamides is 1. The van der Waals surface area contributed by atoms with Gasteiger partial charge in [-0.2, -0.15) is 4.31 Å². The maximum absolute atomic E-state index is 12.5. The molecule has 2 heterocycles. The van der Waals surface area contributed by atoms with Crippen LogP contribution in [0.1, 0.15) is 38.0 Å². The third-order valence-corrected chi connectivity index (χ3v) is 7.20. The lowest BCUT2D eigenvalue weighted by Crippen LogP contribution is -2.33. The van der Waals surface area contributed by atoms with Crippen LogP contribution >= 0.6 is 11.3 Å². The molecule has 6 heteroatoms. The van der Waals surface area contributed by atoms with Gasteiger partial charge >= 0.3 is 0 Å². The minimum atomic E-state index is -3.38. The average molecular weight is 303 g/mol. The summed E-state index contributed by atoms with van der Waals surface area (Å²) in [6, 6.07) is 3.58. The molecule has 0 bridgehead atoms. The van der Waals surface area contributed by atoms with Crippen LogP contribution in [0.15, 0.2) is 16.3 Å². The zero-order valence-electron chi connectivity index (χ0n) is 11.4. The molecule has 4 nitrogen and oxygen atoms in total. The second-order valence-corrected chi connectivity index (χ2v) is 8.66. The van der Waals surface area contributed by atoms with Gasteiger partial charge in [0.25, 0.3) is 10.0 Å². The molecule has 1 aromatic heterocycles. The van der Waals surface area contributed by atoms with Crippen LogP contribution in [-0.2, 0) is 16.4 Å². The van der Waals surface area contributed by atoms with E-state index in [9.17, 15) is 13.5 Å². The molecule has 0 aliphatic carbocycles. The number of hydrogen-bond donors (Lipinski definition) is 1. The van der Waals surface area contributed by atoms with Crippen molar-refractivity contribution in [3.05, 3.63) is 17.0 Å². The smallest absolute Gasteiger partial charge is 0.252 e. The minimum absolute atomic E-state index is 0.398. The molecule has 1 atom stereocenters. The number of thiophene rings is 1. The van der Waals surface area contributed by atoms with Crippen LogP contribution in [0.4, 0.5) is 0 Å². The van der Waals surface area contributed by atoms with Gasteiger partial charge in [-0.05, 0) is 44.7 Å². The molecule has 0 radical (unpaired) electrons. The molecule has 0 amide bonds. The van der Waals surface area contributed by atoms with Crippen LogP contribution < -0.4 is 0 Å². The molecule has 1 unspecified atom stereocenters. The van der Waals surface area contributed by atoms with Crippen LogP contribution in [0.3, 0.4) is 0 Å². The Bertz CT molecular complexity index is 534. The summed E-state index contributed by atoms with van der Waals surface area (Å²) in [5.41, 5.74) is -0.742. The van der Waals surface area contributed by atoms with Crippen LogP contribution in [0.5, 0.6) is 0 Å². The standard InChI is InChI=1S/C13H21NO3S2/c1-3-11-5-6-12(18-11)19(16,17)14-9-4-7-13(2,15)8-10-14/h5-6,15H,3-4,7-10H2,1-2H3. The lowest BCUT2D eigenvalue weighted by molar-refractivity contribution is 0.0465. The molecule has 19 heavy (non-hydrogen) atoms. The highest BCUT2D eigenvalue weighted by molar-refractivity contribution is 7.91. The number of aliphatic hydroxyl groups is 1. The summed E-state index contributed by atoms with van der Waals surface area (Å²) in [5.74, 6) is 0. The van der Waals surface area contributed by atoms with E-state index in [1.54, 1.807) is 13.0 Å². The third-order valence-electron chi connectivity index (χ3n) is 3.60. The highest BCUT2D eigenvalue weighted by Crippen LogP contribution is 2.29. The van der Waals surface area contributed by atoms with Crippen molar-refractivity contribution in [1.29, 1.82) is 0 Å². The molecule has 1 aromatic rings. The first-order chi connectivity index (χ1) is 8.85. The lowest BCUT2D eigenvalue weighted by atomic mass is 9.98. The molecule has 1 fully saturated rings. The first kappa shape index (κ1) is 15.0. The van der Waals surface area contributed by atoms with Crippen LogP contribution in [0.25, 0.3) is 0 Å². The zero-order chi connectivity index (χ0) is 14.1. The van der Waals surface area contributed by atoms with Gasteiger partial charge in [0.05, 0.1) is 5.60 Å². The maximum Gasteiger partial charge on any atom is 0.252 e. The van der Waals surface area contributed by atoms with Crippen molar-refractivity contribution >= 4 is 21.4 Å². The van der Waals surface area contributed by atoms with E-state index < -0.39 is 15.6 Å². The van der Waals surface area contributed by atoms with Crippen LogP contribution in [0.2, 0.25) is 0 Å². The van der Waals surface area contributed by atoms with Gasteiger partial charge in [-0.15, -0.1) is 11.3 Å². The predicted molar refractivity (Wildman–Crippen MR) is 76.9 cm³/mol. The summed E-state index contributed by atoms with van der Waals surface area (Å²) < 4.78 is 27.0. The fourth-order valence-electron chi connectivity index (χ4n) is 2.29. The normalized spacial score (nSPS) is 26.3. The molecule has 1 aliphatic rings. The van der Waals surface area contributed by atoms with Crippen molar-refractivity contribution in [2.24, 2.45) is 0 Å². The van der Waals surface area contributed by atoms with Crippen molar-refractivity contribution in [2.45, 2.75) is 49.3 Å². The second-order valence-electron chi connectivity index (χ2n) is 5.33. The average Bonchev–Trinajstić information content (AvgIpc) is 2.75. The van der Waals surface area contributed by atoms with Crippen molar-refractivity contribution < 1.29 is 13.5 Å².